The third-order valence-electron chi connectivity index (χ3n) is 8.39. The summed E-state index contributed by atoms with van der Waals surface area (Å²) < 4.78 is 11.2. The fraction of sp³-hybridized carbons (Fsp3) is 0.457. The van der Waals surface area contributed by atoms with Gasteiger partial charge in [0.15, 0.2) is 0 Å². The Morgan fingerprint density at radius 1 is 0.854 bits per heavy atom. The van der Waals surface area contributed by atoms with Gasteiger partial charge in [-0.1, -0.05) is 66.7 Å². The van der Waals surface area contributed by atoms with E-state index < -0.39 is 5.60 Å². The summed E-state index contributed by atoms with van der Waals surface area (Å²) in [6.45, 7) is 14.8. The van der Waals surface area contributed by atoms with E-state index in [1.807, 2.05) is 26.8 Å². The van der Waals surface area contributed by atoms with Crippen LogP contribution in [0, 0.1) is 0 Å². The molecular weight excluding hydrogens is 510 g/mol. The Morgan fingerprint density at radius 2 is 1.56 bits per heavy atom. The monoisotopic (exact) mass is 555 g/mol. The van der Waals surface area contributed by atoms with Crippen LogP contribution in [0.4, 0.5) is 4.79 Å². The molecule has 6 heteroatoms. The first-order valence-corrected chi connectivity index (χ1v) is 14.9. The van der Waals surface area contributed by atoms with E-state index in [4.69, 9.17) is 9.47 Å². The third kappa shape index (κ3) is 6.94. The minimum Gasteiger partial charge on any atom is -0.497 e. The van der Waals surface area contributed by atoms with Gasteiger partial charge in [0.2, 0.25) is 0 Å². The number of hydrogen-bond acceptors (Lipinski definition) is 5. The first kappa shape index (κ1) is 29.2. The zero-order valence-electron chi connectivity index (χ0n) is 25.4. The molecule has 0 saturated carbocycles. The number of hydrogen-bond donors (Lipinski definition) is 0. The molecule has 3 aromatic rings. The maximum Gasteiger partial charge on any atom is 0.410 e. The Hall–Kier alpha value is -3.35. The van der Waals surface area contributed by atoms with Crippen LogP contribution in [0.2, 0.25) is 0 Å². The Kier molecular flexibility index (Phi) is 8.71. The first-order chi connectivity index (χ1) is 19.6. The van der Waals surface area contributed by atoms with Crippen molar-refractivity contribution in [3.05, 3.63) is 101 Å². The number of carbonyl (C=O) groups is 1. The molecule has 41 heavy (non-hydrogen) atoms. The minimum absolute atomic E-state index is 0.120. The summed E-state index contributed by atoms with van der Waals surface area (Å²) in [6, 6.07) is 29.3. The number of piperazine rings is 1. The number of carbonyl (C=O) groups excluding carboxylic acids is 1. The second-order valence-electron chi connectivity index (χ2n) is 12.7. The normalized spacial score (nSPS) is 21.3. The fourth-order valence-corrected chi connectivity index (χ4v) is 6.13. The first-order valence-electron chi connectivity index (χ1n) is 14.9. The lowest BCUT2D eigenvalue weighted by Crippen LogP contribution is -2.56. The second-order valence-corrected chi connectivity index (χ2v) is 12.7. The van der Waals surface area contributed by atoms with Crippen LogP contribution in [-0.2, 0) is 11.3 Å². The van der Waals surface area contributed by atoms with Gasteiger partial charge in [0.25, 0.3) is 0 Å². The molecule has 0 aromatic heterocycles. The van der Waals surface area contributed by atoms with Gasteiger partial charge < -0.3 is 14.4 Å². The van der Waals surface area contributed by atoms with E-state index in [1.54, 1.807) is 12.0 Å². The second kappa shape index (κ2) is 12.3. The van der Waals surface area contributed by atoms with E-state index in [2.05, 4.69) is 96.4 Å². The van der Waals surface area contributed by atoms with E-state index in [0.29, 0.717) is 31.1 Å². The number of likely N-dealkylation sites (tertiary alicyclic amines) is 1. The maximum atomic E-state index is 12.4. The summed E-state index contributed by atoms with van der Waals surface area (Å²) >= 11 is 0. The number of amides is 1. The van der Waals surface area contributed by atoms with Crippen molar-refractivity contribution in [3.63, 3.8) is 0 Å². The predicted octanol–water partition coefficient (Wildman–Crippen LogP) is 6.71. The van der Waals surface area contributed by atoms with Gasteiger partial charge in [-0.25, -0.2) is 4.79 Å². The molecule has 5 rings (SSSR count). The van der Waals surface area contributed by atoms with Crippen LogP contribution in [-0.4, -0.2) is 71.8 Å². The molecule has 1 unspecified atom stereocenters. The van der Waals surface area contributed by atoms with Gasteiger partial charge in [-0.05, 0) is 69.0 Å². The molecule has 2 saturated heterocycles. The average molecular weight is 556 g/mol. The van der Waals surface area contributed by atoms with E-state index in [0.717, 1.165) is 25.4 Å². The Balaban J connectivity index is 1.34. The molecule has 0 spiro atoms. The lowest BCUT2D eigenvalue weighted by molar-refractivity contribution is 0.00818. The Morgan fingerprint density at radius 3 is 2.22 bits per heavy atom. The highest BCUT2D eigenvalue weighted by atomic mass is 16.6. The zero-order valence-corrected chi connectivity index (χ0v) is 25.4. The van der Waals surface area contributed by atoms with Crippen molar-refractivity contribution in [1.29, 1.82) is 0 Å². The van der Waals surface area contributed by atoms with Crippen molar-refractivity contribution >= 4 is 6.09 Å². The van der Waals surface area contributed by atoms with Crippen molar-refractivity contribution in [2.45, 2.75) is 70.8 Å². The molecule has 1 amide bonds. The summed E-state index contributed by atoms with van der Waals surface area (Å²) in [5.74, 6) is 1.22. The van der Waals surface area contributed by atoms with E-state index >= 15 is 0 Å². The summed E-state index contributed by atoms with van der Waals surface area (Å²) in [4.78, 5) is 19.5. The molecule has 0 N–H and O–H groups in total. The molecule has 0 radical (unpaired) electrons. The lowest BCUT2D eigenvalue weighted by Gasteiger charge is -2.48. The number of ether oxygens (including phenoxy) is 2. The lowest BCUT2D eigenvalue weighted by atomic mass is 9.88. The van der Waals surface area contributed by atoms with Crippen molar-refractivity contribution in [3.8, 4) is 5.75 Å². The summed E-state index contributed by atoms with van der Waals surface area (Å²) in [5, 5.41) is 0. The molecule has 3 atom stereocenters. The van der Waals surface area contributed by atoms with Gasteiger partial charge in [0.05, 0.1) is 13.2 Å². The van der Waals surface area contributed by atoms with Crippen molar-refractivity contribution in [1.82, 2.24) is 14.7 Å². The molecule has 2 heterocycles. The number of nitrogens with zero attached hydrogens (tertiary/aromatic N) is 3. The quantitative estimate of drug-likeness (QED) is 0.324. The van der Waals surface area contributed by atoms with E-state index in [1.165, 1.54) is 22.3 Å². The molecule has 3 aromatic carbocycles. The molecule has 2 fully saturated rings. The number of methoxy groups -OCH3 is 1. The van der Waals surface area contributed by atoms with E-state index in [9.17, 15) is 4.79 Å². The summed E-state index contributed by atoms with van der Waals surface area (Å²) in [5.41, 5.74) is 4.68. The maximum absolute atomic E-state index is 12.4. The van der Waals surface area contributed by atoms with Crippen LogP contribution in [0.5, 0.6) is 5.75 Å². The number of benzene rings is 3. The summed E-state index contributed by atoms with van der Waals surface area (Å²) in [7, 11) is 1.73. The van der Waals surface area contributed by atoms with Crippen LogP contribution < -0.4 is 4.74 Å². The van der Waals surface area contributed by atoms with E-state index in [-0.39, 0.29) is 12.1 Å². The zero-order chi connectivity index (χ0) is 29.1. The average Bonchev–Trinajstić information content (AvgIpc) is 2.91. The van der Waals surface area contributed by atoms with Gasteiger partial charge in [-0.3, -0.25) is 9.80 Å². The van der Waals surface area contributed by atoms with Crippen LogP contribution in [0.3, 0.4) is 0 Å². The molecule has 0 aliphatic carbocycles. The molecule has 6 nitrogen and oxygen atoms in total. The third-order valence-corrected chi connectivity index (χ3v) is 8.39. The van der Waals surface area contributed by atoms with Gasteiger partial charge in [-0.2, -0.15) is 0 Å². The smallest absolute Gasteiger partial charge is 0.410 e. The van der Waals surface area contributed by atoms with Crippen LogP contribution in [0.25, 0.3) is 0 Å². The van der Waals surface area contributed by atoms with Crippen LogP contribution >= 0.6 is 0 Å². The molecule has 2 aliphatic heterocycles. The summed E-state index contributed by atoms with van der Waals surface area (Å²) in [6.07, 6.45) is -0.224. The van der Waals surface area contributed by atoms with Crippen LogP contribution in [0.1, 0.15) is 68.8 Å². The van der Waals surface area contributed by atoms with Crippen molar-refractivity contribution in [2.75, 3.05) is 33.3 Å². The number of rotatable bonds is 7. The standard InChI is InChI=1S/C35H45N3O3/c1-25-21-38(26(2)20-36(25)22-27-11-8-7-9-12-27)33(30-13-10-14-32(19-30)40-6)29-17-15-28(16-18-29)31-23-37(24-31)34(39)41-35(3,4)5/h7-19,25-26,31,33H,20-24H2,1-6H3/t25-,26-,33?/m1/s1. The van der Waals surface area contributed by atoms with Gasteiger partial charge in [0.1, 0.15) is 11.4 Å². The molecule has 2 aliphatic rings. The van der Waals surface area contributed by atoms with Gasteiger partial charge in [-0.15, -0.1) is 0 Å². The fourth-order valence-electron chi connectivity index (χ4n) is 6.13. The highest BCUT2D eigenvalue weighted by Gasteiger charge is 2.37. The van der Waals surface area contributed by atoms with Crippen molar-refractivity contribution in [2.24, 2.45) is 0 Å². The van der Waals surface area contributed by atoms with Crippen LogP contribution in [0.15, 0.2) is 78.9 Å². The Labute approximate surface area is 245 Å². The van der Waals surface area contributed by atoms with Crippen molar-refractivity contribution < 1.29 is 14.3 Å². The molecular formula is C35H45N3O3. The minimum atomic E-state index is -0.472. The van der Waals surface area contributed by atoms with Gasteiger partial charge >= 0.3 is 6.09 Å². The highest BCUT2D eigenvalue weighted by Crippen LogP contribution is 2.36. The van der Waals surface area contributed by atoms with Gasteiger partial charge in [0, 0.05) is 50.7 Å². The topological polar surface area (TPSA) is 45.2 Å². The molecule has 218 valence electrons. The largest absolute Gasteiger partial charge is 0.497 e. The molecule has 0 bridgehead atoms. The Bertz CT molecular complexity index is 1300. The predicted molar refractivity (Wildman–Crippen MR) is 164 cm³/mol. The SMILES string of the molecule is COc1cccc(C(c2ccc(C3CN(C(=O)OC(C)(C)C)C3)cc2)N2C[C@@H](C)N(Cc3ccccc3)C[C@H]2C)c1. The highest BCUT2D eigenvalue weighted by molar-refractivity contribution is 5.69.